The third-order valence-electron chi connectivity index (χ3n) is 3.34. The third-order valence-corrected chi connectivity index (χ3v) is 5.65. The molecule has 0 atom stereocenters. The summed E-state index contributed by atoms with van der Waals surface area (Å²) < 4.78 is 33.7. The molecular formula is C17H20BrNO4S. The van der Waals surface area contributed by atoms with Crippen molar-refractivity contribution < 1.29 is 18.3 Å². The van der Waals surface area contributed by atoms with Crippen LogP contribution in [0.1, 0.15) is 13.8 Å². The molecule has 0 heterocycles. The predicted octanol–water partition coefficient (Wildman–Crippen LogP) is 4.01. The number of benzene rings is 2. The zero-order chi connectivity index (χ0) is 17.9. The van der Waals surface area contributed by atoms with E-state index in [1.54, 1.807) is 24.3 Å². The molecule has 2 rings (SSSR count). The van der Waals surface area contributed by atoms with E-state index in [4.69, 9.17) is 4.74 Å². The number of halogens is 1. The molecule has 0 amide bonds. The van der Waals surface area contributed by atoms with Crippen molar-refractivity contribution in [3.8, 4) is 11.5 Å². The maximum Gasteiger partial charge on any atom is 0.268 e. The second-order valence-electron chi connectivity index (χ2n) is 5.75. The summed E-state index contributed by atoms with van der Waals surface area (Å²) in [7, 11) is -2.43. The van der Waals surface area contributed by atoms with Gasteiger partial charge in [-0.05, 0) is 36.2 Å². The lowest BCUT2D eigenvalue weighted by atomic mass is 10.2. The molecule has 130 valence electrons. The van der Waals surface area contributed by atoms with Gasteiger partial charge in [0.2, 0.25) is 0 Å². The molecule has 0 saturated heterocycles. The van der Waals surface area contributed by atoms with Crippen molar-refractivity contribution in [1.82, 2.24) is 0 Å². The number of sulfonamides is 1. The highest BCUT2D eigenvalue weighted by Crippen LogP contribution is 2.33. The quantitative estimate of drug-likeness (QED) is 0.776. The Bertz CT molecular complexity index is 821. The van der Waals surface area contributed by atoms with Crippen LogP contribution in [0, 0.1) is 5.92 Å². The van der Waals surface area contributed by atoms with Gasteiger partial charge >= 0.3 is 0 Å². The summed E-state index contributed by atoms with van der Waals surface area (Å²) in [5.41, 5.74) is 0.408. The Labute approximate surface area is 151 Å². The van der Waals surface area contributed by atoms with Crippen LogP contribution < -0.4 is 9.04 Å². The number of rotatable bonds is 6. The lowest BCUT2D eigenvalue weighted by Gasteiger charge is -2.27. The van der Waals surface area contributed by atoms with Crippen LogP contribution in [0.3, 0.4) is 0 Å². The van der Waals surface area contributed by atoms with Gasteiger partial charge in [0, 0.05) is 17.1 Å². The van der Waals surface area contributed by atoms with Crippen molar-refractivity contribution in [3.63, 3.8) is 0 Å². The van der Waals surface area contributed by atoms with Gasteiger partial charge in [-0.15, -0.1) is 0 Å². The first-order valence-electron chi connectivity index (χ1n) is 7.41. The molecule has 0 spiro atoms. The molecule has 0 saturated carbocycles. The van der Waals surface area contributed by atoms with Crippen LogP contribution in [-0.2, 0) is 10.0 Å². The number of anilines is 1. The maximum absolute atomic E-state index is 13.3. The smallest absolute Gasteiger partial charge is 0.268 e. The number of aromatic hydroxyl groups is 1. The molecule has 5 nitrogen and oxygen atoms in total. The summed E-state index contributed by atoms with van der Waals surface area (Å²) in [6, 6.07) is 11.1. The fraction of sp³-hybridized carbons (Fsp3) is 0.294. The molecule has 24 heavy (non-hydrogen) atoms. The van der Waals surface area contributed by atoms with E-state index in [-0.39, 0.29) is 28.9 Å². The molecule has 0 aromatic heterocycles. The summed E-state index contributed by atoms with van der Waals surface area (Å²) in [5.74, 6) is 0.380. The van der Waals surface area contributed by atoms with E-state index >= 15 is 0 Å². The van der Waals surface area contributed by atoms with Crippen LogP contribution in [0.5, 0.6) is 11.5 Å². The molecule has 0 fully saturated rings. The van der Waals surface area contributed by atoms with Crippen molar-refractivity contribution in [2.75, 3.05) is 18.0 Å². The van der Waals surface area contributed by atoms with Crippen molar-refractivity contribution in [3.05, 3.63) is 46.9 Å². The minimum atomic E-state index is -3.86. The van der Waals surface area contributed by atoms with Crippen LogP contribution >= 0.6 is 15.9 Å². The van der Waals surface area contributed by atoms with Gasteiger partial charge in [-0.2, -0.15) is 0 Å². The van der Waals surface area contributed by atoms with Crippen molar-refractivity contribution in [1.29, 1.82) is 0 Å². The number of hydrogen-bond acceptors (Lipinski definition) is 4. The Hall–Kier alpha value is -1.73. The van der Waals surface area contributed by atoms with E-state index in [9.17, 15) is 13.5 Å². The Morgan fingerprint density at radius 1 is 1.21 bits per heavy atom. The molecule has 0 bridgehead atoms. The summed E-state index contributed by atoms with van der Waals surface area (Å²) >= 11 is 3.31. The predicted molar refractivity (Wildman–Crippen MR) is 98.2 cm³/mol. The van der Waals surface area contributed by atoms with Crippen LogP contribution in [0.25, 0.3) is 0 Å². The van der Waals surface area contributed by atoms with Crippen LogP contribution in [0.15, 0.2) is 51.8 Å². The second kappa shape index (κ2) is 7.44. The van der Waals surface area contributed by atoms with Gasteiger partial charge in [0.15, 0.2) is 0 Å². The van der Waals surface area contributed by atoms with E-state index in [1.807, 2.05) is 13.8 Å². The molecule has 7 heteroatoms. The highest BCUT2D eigenvalue weighted by molar-refractivity contribution is 9.10. The van der Waals surface area contributed by atoms with Gasteiger partial charge in [-0.25, -0.2) is 8.42 Å². The average Bonchev–Trinajstić information content (AvgIpc) is 2.52. The first-order chi connectivity index (χ1) is 11.3. The molecule has 0 unspecified atom stereocenters. The molecule has 1 N–H and O–H groups in total. The molecule has 2 aromatic carbocycles. The Morgan fingerprint density at radius 2 is 1.92 bits per heavy atom. The number of methoxy groups -OCH3 is 1. The number of nitrogens with zero attached hydrogens (tertiary/aromatic N) is 1. The zero-order valence-corrected chi connectivity index (χ0v) is 16.1. The first kappa shape index (κ1) is 18.6. The largest absolute Gasteiger partial charge is 0.508 e. The molecule has 0 radical (unpaired) electrons. The van der Waals surface area contributed by atoms with E-state index in [0.717, 1.165) is 0 Å². The van der Waals surface area contributed by atoms with Gasteiger partial charge in [0.1, 0.15) is 16.4 Å². The summed E-state index contributed by atoms with van der Waals surface area (Å²) in [4.78, 5) is 0.0726. The van der Waals surface area contributed by atoms with E-state index in [0.29, 0.717) is 10.2 Å². The molecule has 0 aliphatic heterocycles. The maximum atomic E-state index is 13.3. The summed E-state index contributed by atoms with van der Waals surface area (Å²) in [6.07, 6.45) is 0. The van der Waals surface area contributed by atoms with Crippen LogP contribution in [0.2, 0.25) is 0 Å². The summed E-state index contributed by atoms with van der Waals surface area (Å²) in [6.45, 7) is 4.15. The van der Waals surface area contributed by atoms with Gasteiger partial charge in [0.25, 0.3) is 10.0 Å². The van der Waals surface area contributed by atoms with Crippen molar-refractivity contribution in [2.24, 2.45) is 5.92 Å². The lowest BCUT2D eigenvalue weighted by Crippen LogP contribution is -2.34. The molecular weight excluding hydrogens is 394 g/mol. The Kier molecular flexibility index (Phi) is 5.77. The van der Waals surface area contributed by atoms with Crippen LogP contribution in [0.4, 0.5) is 5.69 Å². The first-order valence-corrected chi connectivity index (χ1v) is 9.64. The average molecular weight is 414 g/mol. The topological polar surface area (TPSA) is 66.8 Å². The molecule has 2 aromatic rings. The van der Waals surface area contributed by atoms with E-state index < -0.39 is 10.0 Å². The highest BCUT2D eigenvalue weighted by atomic mass is 79.9. The normalized spacial score (nSPS) is 11.5. The van der Waals surface area contributed by atoms with E-state index in [1.165, 1.54) is 29.6 Å². The Morgan fingerprint density at radius 3 is 2.50 bits per heavy atom. The number of phenolic OH excluding ortho intramolecular Hbond substituents is 1. The zero-order valence-electron chi connectivity index (χ0n) is 13.7. The lowest BCUT2D eigenvalue weighted by molar-refractivity contribution is 0.402. The number of hydrogen-bond donors (Lipinski definition) is 1. The number of phenols is 1. The van der Waals surface area contributed by atoms with Gasteiger partial charge in [-0.1, -0.05) is 35.8 Å². The monoisotopic (exact) mass is 413 g/mol. The molecule has 0 aliphatic carbocycles. The van der Waals surface area contributed by atoms with Gasteiger partial charge < -0.3 is 9.84 Å². The van der Waals surface area contributed by atoms with Crippen molar-refractivity contribution in [2.45, 2.75) is 18.7 Å². The standard InChI is InChI=1S/C17H20BrNO4S/c1-12(2)11-19(14-5-4-6-15(20)10-14)24(21,22)17-9-13(18)7-8-16(17)23-3/h4-10,12,20H,11H2,1-3H3. The molecule has 0 aliphatic rings. The van der Waals surface area contributed by atoms with Crippen molar-refractivity contribution >= 4 is 31.6 Å². The highest BCUT2D eigenvalue weighted by Gasteiger charge is 2.29. The fourth-order valence-electron chi connectivity index (χ4n) is 2.29. The minimum Gasteiger partial charge on any atom is -0.508 e. The van der Waals surface area contributed by atoms with Crippen LogP contribution in [-0.4, -0.2) is 27.2 Å². The van der Waals surface area contributed by atoms with Gasteiger partial charge in [-0.3, -0.25) is 4.31 Å². The fourth-order valence-corrected chi connectivity index (χ4v) is 4.61. The Balaban J connectivity index is 2.62. The SMILES string of the molecule is COc1ccc(Br)cc1S(=O)(=O)N(CC(C)C)c1cccc(O)c1. The van der Waals surface area contributed by atoms with E-state index in [2.05, 4.69) is 15.9 Å². The summed E-state index contributed by atoms with van der Waals surface area (Å²) in [5, 5.41) is 9.72. The number of ether oxygens (including phenoxy) is 1. The minimum absolute atomic E-state index is 0.0117. The second-order valence-corrected chi connectivity index (χ2v) is 8.49. The van der Waals surface area contributed by atoms with Gasteiger partial charge in [0.05, 0.1) is 12.8 Å². The third kappa shape index (κ3) is 4.02.